The van der Waals surface area contributed by atoms with Gasteiger partial charge in [0.15, 0.2) is 40.0 Å². The molecule has 0 fully saturated rings. The molecule has 0 N–H and O–H groups in total. The fourth-order valence-corrected chi connectivity index (χ4v) is 12.3. The number of nitrogens with zero attached hydrogens (tertiary/aromatic N) is 13. The van der Waals surface area contributed by atoms with Gasteiger partial charge in [-0.3, -0.25) is 4.90 Å². The van der Waals surface area contributed by atoms with E-state index in [9.17, 15) is 0 Å². The molecule has 3 atom stereocenters. The molecule has 0 aliphatic carbocycles. The second-order valence-corrected chi connectivity index (χ2v) is 22.0. The van der Waals surface area contributed by atoms with Gasteiger partial charge in [0.2, 0.25) is 17.1 Å². The third kappa shape index (κ3) is 8.11. The summed E-state index contributed by atoms with van der Waals surface area (Å²) in [6, 6.07) is 31.0. The van der Waals surface area contributed by atoms with Crippen molar-refractivity contribution in [2.75, 3.05) is 36.4 Å². The molecule has 15 rings (SSSR count). The third-order valence-electron chi connectivity index (χ3n) is 16.0. The van der Waals surface area contributed by atoms with Crippen LogP contribution in [-0.2, 0) is 0 Å². The van der Waals surface area contributed by atoms with Gasteiger partial charge in [-0.1, -0.05) is 36.4 Å². The van der Waals surface area contributed by atoms with Crippen molar-refractivity contribution in [2.45, 2.75) is 121 Å². The van der Waals surface area contributed by atoms with Crippen LogP contribution in [0.1, 0.15) is 89.1 Å². The van der Waals surface area contributed by atoms with Gasteiger partial charge in [-0.25, -0.2) is 34.9 Å². The Bertz CT molecular complexity index is 4250. The molecule has 82 heavy (non-hydrogen) atoms. The van der Waals surface area contributed by atoms with Crippen LogP contribution in [0, 0.1) is 41.5 Å². The van der Waals surface area contributed by atoms with E-state index in [2.05, 4.69) is 121 Å². The highest BCUT2D eigenvalue weighted by molar-refractivity contribution is 6.12. The second-order valence-electron chi connectivity index (χ2n) is 22.0. The maximum absolute atomic E-state index is 8.70. The number of pyridine rings is 5. The number of aryl methyl sites for hydroxylation is 6. The molecule has 3 aliphatic heterocycles. The SMILES string of the molecule is [2H]C(C)(C)N1c2ncccc2N(c2c(C)ccc3c2oc2nc(C)ccc23)[C@H]1C.[2H]C(C)(C)N1c2ncccc2N(c2c(C)ccc3c2oc2nc(C)ccc23)[C@H]1C.[2H]C([2H])([2H])N1c2nccnc2N(c2c(C)ccc3c2oc2nc(C)ccc23)[C@H]1C. The van der Waals surface area contributed by atoms with Crippen LogP contribution < -0.4 is 29.4 Å². The minimum atomic E-state index is -2.35. The van der Waals surface area contributed by atoms with Crippen LogP contribution in [0.15, 0.2) is 135 Å². The summed E-state index contributed by atoms with van der Waals surface area (Å²) in [5, 5.41) is 5.98. The van der Waals surface area contributed by atoms with Crippen molar-refractivity contribution in [3.05, 3.63) is 156 Å². The third-order valence-corrected chi connectivity index (χ3v) is 16.0. The van der Waals surface area contributed by atoms with Crippen molar-refractivity contribution < 1.29 is 20.1 Å². The molecule has 0 saturated heterocycles. The number of furan rings is 3. The van der Waals surface area contributed by atoms with Crippen molar-refractivity contribution in [3.8, 4) is 0 Å². The van der Waals surface area contributed by atoms with E-state index in [-0.39, 0.29) is 12.3 Å². The Morgan fingerprint density at radius 2 is 0.768 bits per heavy atom. The van der Waals surface area contributed by atoms with Crippen LogP contribution in [0.25, 0.3) is 66.2 Å². The summed E-state index contributed by atoms with van der Waals surface area (Å²) in [4.78, 5) is 43.5. The molecular weight excluding hydrogens is 1020 g/mol. The number of fused-ring (bicyclic) bond motifs is 12. The molecule has 9 aromatic heterocycles. The van der Waals surface area contributed by atoms with E-state index in [1.807, 2.05) is 126 Å². The van der Waals surface area contributed by atoms with Crippen molar-refractivity contribution in [1.29, 1.82) is 0 Å². The predicted molar refractivity (Wildman–Crippen MR) is 332 cm³/mol. The Labute approximate surface area is 483 Å². The molecule has 3 aliphatic rings. The fourth-order valence-electron chi connectivity index (χ4n) is 12.3. The van der Waals surface area contributed by atoms with E-state index in [1.165, 1.54) is 11.1 Å². The highest BCUT2D eigenvalue weighted by Crippen LogP contribution is 2.51. The van der Waals surface area contributed by atoms with E-state index in [0.717, 1.165) is 117 Å². The quantitative estimate of drug-likeness (QED) is 0.161. The minimum absolute atomic E-state index is 0.0837. The first-order valence-corrected chi connectivity index (χ1v) is 27.7. The average molecular weight is 1100 g/mol. The summed E-state index contributed by atoms with van der Waals surface area (Å²) in [6.07, 6.45) is 5.96. The van der Waals surface area contributed by atoms with Gasteiger partial charge in [-0.15, -0.1) is 0 Å². The Hall–Kier alpha value is -9.31. The molecule has 0 bridgehead atoms. The second kappa shape index (κ2) is 19.7. The molecular formula is C66H67N13O3. The lowest BCUT2D eigenvalue weighted by molar-refractivity contribution is 0.597. The highest BCUT2D eigenvalue weighted by Gasteiger charge is 2.41. The van der Waals surface area contributed by atoms with Crippen LogP contribution in [0.3, 0.4) is 0 Å². The molecule has 414 valence electrons. The number of rotatable bonds is 5. The molecule has 12 aromatic rings. The standard InChI is InChI=1S/2C23H24N4O.C20H19N5O/c2*1-13(2)26-16(5)27(19-7-6-12-24-22(19)26)20-14(3)8-10-17-18-11-9-15(4)25-23(18)28-21(17)20;1-11-5-7-14-15-8-6-12(2)23-20(15)26-17(14)16(11)25-13(3)24(4)18-19(25)22-10-9-21-18/h2*6-13,16H,1-5H3;5-10,13H,1-4H3/t2*16-;13-/m000/s1/i2*13D;4D3. The molecule has 0 spiro atoms. The summed E-state index contributed by atoms with van der Waals surface area (Å²) in [6.45, 7) is 23.3. The number of hydrogen-bond acceptors (Lipinski definition) is 16. The smallest absolute Gasteiger partial charge is 0.227 e. The molecule has 0 radical (unpaired) electrons. The van der Waals surface area contributed by atoms with E-state index in [4.69, 9.17) is 20.1 Å². The topological polar surface area (TPSA) is 149 Å². The zero-order chi connectivity index (χ0) is 61.5. The zero-order valence-electron chi connectivity index (χ0n) is 53.3. The average Bonchev–Trinajstić information content (AvgIpc) is 1.63. The Morgan fingerprint density at radius 3 is 1.15 bits per heavy atom. The molecule has 0 amide bonds. The molecule has 12 heterocycles. The van der Waals surface area contributed by atoms with Gasteiger partial charge in [0.1, 0.15) is 18.5 Å². The fraction of sp³-hybridized carbons (Fsp3) is 0.288. The molecule has 16 heteroatoms. The van der Waals surface area contributed by atoms with E-state index in [1.54, 1.807) is 18.6 Å². The first-order valence-electron chi connectivity index (χ1n) is 30.2. The lowest BCUT2D eigenvalue weighted by Crippen LogP contribution is -2.42. The van der Waals surface area contributed by atoms with Crippen LogP contribution in [0.5, 0.6) is 0 Å². The van der Waals surface area contributed by atoms with Crippen molar-refractivity contribution in [2.24, 2.45) is 0 Å². The largest absolute Gasteiger partial charge is 0.435 e. The lowest BCUT2D eigenvalue weighted by Gasteiger charge is -2.33. The predicted octanol–water partition coefficient (Wildman–Crippen LogP) is 15.7. The highest BCUT2D eigenvalue weighted by atomic mass is 16.3. The van der Waals surface area contributed by atoms with Crippen LogP contribution in [-0.4, -0.2) is 72.4 Å². The van der Waals surface area contributed by atoms with Gasteiger partial charge in [0, 0.05) is 97.3 Å². The van der Waals surface area contributed by atoms with Crippen LogP contribution in [0.2, 0.25) is 0 Å². The first-order chi connectivity index (χ1) is 41.3. The summed E-state index contributed by atoms with van der Waals surface area (Å²) < 4.78 is 60.2. The summed E-state index contributed by atoms with van der Waals surface area (Å²) in [7, 11) is 0. The number of anilines is 9. The van der Waals surface area contributed by atoms with Crippen LogP contribution in [0.4, 0.5) is 51.7 Å². The monoisotopic (exact) mass is 1090 g/mol. The number of hydrogen-bond donors (Lipinski definition) is 0. The van der Waals surface area contributed by atoms with Gasteiger partial charge >= 0.3 is 0 Å². The van der Waals surface area contributed by atoms with Crippen molar-refractivity contribution >= 4 is 118 Å². The Kier molecular flexibility index (Phi) is 11.2. The van der Waals surface area contributed by atoms with Gasteiger partial charge in [-0.2, -0.15) is 0 Å². The first kappa shape index (κ1) is 46.4. The maximum Gasteiger partial charge on any atom is 0.227 e. The maximum atomic E-state index is 8.70. The normalized spacial score (nSPS) is 17.9. The number of aromatic nitrogens is 7. The summed E-state index contributed by atoms with van der Waals surface area (Å²) in [5.41, 5.74) is 14.8. The molecule has 0 unspecified atom stereocenters. The van der Waals surface area contributed by atoms with Crippen LogP contribution >= 0.6 is 0 Å². The minimum Gasteiger partial charge on any atom is -0.435 e. The molecule has 16 nitrogen and oxygen atoms in total. The van der Waals surface area contributed by atoms with Gasteiger partial charge < -0.3 is 37.8 Å². The van der Waals surface area contributed by atoms with Gasteiger partial charge in [0.05, 0.1) is 31.2 Å². The summed E-state index contributed by atoms with van der Waals surface area (Å²) >= 11 is 0. The zero-order valence-corrected chi connectivity index (χ0v) is 48.3. The van der Waals surface area contributed by atoms with Gasteiger partial charge in [-0.05, 0) is 167 Å². The van der Waals surface area contributed by atoms with Gasteiger partial charge in [0.25, 0.3) is 0 Å². The van der Waals surface area contributed by atoms with E-state index in [0.29, 0.717) is 34.4 Å². The van der Waals surface area contributed by atoms with E-state index < -0.39 is 25.2 Å². The van der Waals surface area contributed by atoms with Crippen molar-refractivity contribution in [3.63, 3.8) is 0 Å². The molecule has 0 saturated carbocycles. The van der Waals surface area contributed by atoms with Crippen molar-refractivity contribution in [1.82, 2.24) is 34.9 Å². The number of benzene rings is 3. The summed E-state index contributed by atoms with van der Waals surface area (Å²) in [5.74, 6) is 2.47. The van der Waals surface area contributed by atoms with E-state index >= 15 is 0 Å². The molecule has 3 aromatic carbocycles. The Balaban J connectivity index is 0.000000121. The Morgan fingerprint density at radius 1 is 0.415 bits per heavy atom. The lowest BCUT2D eigenvalue weighted by atomic mass is 10.1.